The van der Waals surface area contributed by atoms with Crippen LogP contribution < -0.4 is 0 Å². The monoisotopic (exact) mass is 249 g/mol. The molecule has 2 heterocycles. The van der Waals surface area contributed by atoms with E-state index in [0.29, 0.717) is 13.1 Å². The molecule has 5 nitrogen and oxygen atoms in total. The van der Waals surface area contributed by atoms with Crippen molar-refractivity contribution in [3.63, 3.8) is 0 Å². The van der Waals surface area contributed by atoms with E-state index in [4.69, 9.17) is 4.74 Å². The van der Waals surface area contributed by atoms with Gasteiger partial charge in [-0.2, -0.15) is 0 Å². The number of carbonyl (C=O) groups excluding carboxylic acids is 1. The fraction of sp³-hybridized carbons (Fsp3) is 0.615. The second-order valence-electron chi connectivity index (χ2n) is 5.54. The van der Waals surface area contributed by atoms with Crippen molar-refractivity contribution in [1.82, 2.24) is 14.9 Å². The third-order valence-corrected chi connectivity index (χ3v) is 2.72. The van der Waals surface area contributed by atoms with Gasteiger partial charge in [-0.1, -0.05) is 0 Å². The quantitative estimate of drug-likeness (QED) is 0.706. The Bertz CT molecular complexity index is 466. The average molecular weight is 249 g/mol. The maximum atomic E-state index is 12.0. The summed E-state index contributed by atoms with van der Waals surface area (Å²) in [5, 5.41) is 0. The number of aromatic nitrogens is 2. The van der Waals surface area contributed by atoms with Crippen LogP contribution in [-0.4, -0.2) is 33.1 Å². The number of hydrogen-bond acceptors (Lipinski definition) is 4. The highest BCUT2D eigenvalue weighted by molar-refractivity contribution is 5.68. The van der Waals surface area contributed by atoms with Crippen molar-refractivity contribution in [3.8, 4) is 0 Å². The molecule has 0 aromatic carbocycles. The Labute approximate surface area is 107 Å². The standard InChI is InChI=1S/C13H19N3O2/c1-9-14-7-10-5-6-16(8-11(10)15-9)12(17)18-13(2,3)4/h7H,5-6,8H2,1-4H3. The molecular weight excluding hydrogens is 230 g/mol. The Morgan fingerprint density at radius 1 is 1.44 bits per heavy atom. The maximum Gasteiger partial charge on any atom is 0.410 e. The number of rotatable bonds is 0. The molecule has 0 aliphatic carbocycles. The Morgan fingerprint density at radius 2 is 2.17 bits per heavy atom. The minimum Gasteiger partial charge on any atom is -0.444 e. The van der Waals surface area contributed by atoms with Crippen molar-refractivity contribution in [1.29, 1.82) is 0 Å². The summed E-state index contributed by atoms with van der Waals surface area (Å²) in [5.74, 6) is 0.736. The molecule has 0 spiro atoms. The van der Waals surface area contributed by atoms with Crippen LogP contribution in [0.4, 0.5) is 4.79 Å². The van der Waals surface area contributed by atoms with Gasteiger partial charge in [0.15, 0.2) is 0 Å². The fourth-order valence-corrected chi connectivity index (χ4v) is 1.89. The zero-order valence-corrected chi connectivity index (χ0v) is 11.4. The first-order valence-electron chi connectivity index (χ1n) is 6.14. The summed E-state index contributed by atoms with van der Waals surface area (Å²) in [6.45, 7) is 8.63. The van der Waals surface area contributed by atoms with E-state index in [-0.39, 0.29) is 6.09 Å². The number of hydrogen-bond donors (Lipinski definition) is 0. The molecule has 0 fully saturated rings. The Morgan fingerprint density at radius 3 is 2.83 bits per heavy atom. The lowest BCUT2D eigenvalue weighted by Crippen LogP contribution is -2.40. The first kappa shape index (κ1) is 12.8. The normalized spacial score (nSPS) is 15.2. The molecule has 0 N–H and O–H groups in total. The predicted octanol–water partition coefficient (Wildman–Crippen LogP) is 2.08. The van der Waals surface area contributed by atoms with Gasteiger partial charge in [-0.3, -0.25) is 0 Å². The van der Waals surface area contributed by atoms with Crippen molar-refractivity contribution >= 4 is 6.09 Å². The number of aryl methyl sites for hydroxylation is 1. The van der Waals surface area contributed by atoms with Crippen molar-refractivity contribution in [3.05, 3.63) is 23.3 Å². The smallest absolute Gasteiger partial charge is 0.410 e. The highest BCUT2D eigenvalue weighted by Crippen LogP contribution is 2.19. The molecule has 1 amide bonds. The molecule has 0 saturated heterocycles. The zero-order chi connectivity index (χ0) is 13.3. The van der Waals surface area contributed by atoms with Crippen molar-refractivity contribution in [2.45, 2.75) is 46.3 Å². The molecule has 0 radical (unpaired) electrons. The van der Waals surface area contributed by atoms with Crippen LogP contribution >= 0.6 is 0 Å². The zero-order valence-electron chi connectivity index (χ0n) is 11.4. The summed E-state index contributed by atoms with van der Waals surface area (Å²) >= 11 is 0. The van der Waals surface area contributed by atoms with E-state index < -0.39 is 5.60 Å². The van der Waals surface area contributed by atoms with E-state index in [2.05, 4.69) is 9.97 Å². The van der Waals surface area contributed by atoms with Crippen LogP contribution in [-0.2, 0) is 17.7 Å². The molecule has 1 aliphatic rings. The lowest BCUT2D eigenvalue weighted by atomic mass is 10.1. The van der Waals surface area contributed by atoms with E-state index in [1.807, 2.05) is 33.9 Å². The summed E-state index contributed by atoms with van der Waals surface area (Å²) in [6.07, 6.45) is 2.36. The molecule has 98 valence electrons. The minimum absolute atomic E-state index is 0.274. The SMILES string of the molecule is Cc1ncc2c(n1)CN(C(=O)OC(C)(C)C)CC2. The van der Waals surface area contributed by atoms with E-state index >= 15 is 0 Å². The number of carbonyl (C=O) groups is 1. The molecule has 0 saturated carbocycles. The van der Waals surface area contributed by atoms with Gasteiger partial charge in [-0.15, -0.1) is 0 Å². The van der Waals surface area contributed by atoms with E-state index in [1.165, 1.54) is 0 Å². The van der Waals surface area contributed by atoms with Crippen LogP contribution in [0.25, 0.3) is 0 Å². The summed E-state index contributed by atoms with van der Waals surface area (Å²) < 4.78 is 5.37. The predicted molar refractivity (Wildman–Crippen MR) is 67.1 cm³/mol. The number of ether oxygens (including phenoxy) is 1. The number of nitrogens with zero attached hydrogens (tertiary/aromatic N) is 3. The third-order valence-electron chi connectivity index (χ3n) is 2.72. The Balaban J connectivity index is 2.09. The summed E-state index contributed by atoms with van der Waals surface area (Å²) in [5.41, 5.74) is 1.60. The van der Waals surface area contributed by atoms with E-state index in [0.717, 1.165) is 23.5 Å². The van der Waals surface area contributed by atoms with Gasteiger partial charge in [0.25, 0.3) is 0 Å². The van der Waals surface area contributed by atoms with E-state index in [9.17, 15) is 4.79 Å². The van der Waals surface area contributed by atoms with Gasteiger partial charge in [0.1, 0.15) is 11.4 Å². The highest BCUT2D eigenvalue weighted by atomic mass is 16.6. The van der Waals surface area contributed by atoms with Gasteiger partial charge in [0.05, 0.1) is 12.2 Å². The van der Waals surface area contributed by atoms with Crippen molar-refractivity contribution in [2.75, 3.05) is 6.54 Å². The van der Waals surface area contributed by atoms with E-state index in [1.54, 1.807) is 4.90 Å². The summed E-state index contributed by atoms with van der Waals surface area (Å²) in [4.78, 5) is 22.2. The van der Waals surface area contributed by atoms with Crippen LogP contribution in [0.2, 0.25) is 0 Å². The summed E-state index contributed by atoms with van der Waals surface area (Å²) in [6, 6.07) is 0. The Kier molecular flexibility index (Phi) is 3.24. The molecule has 5 heteroatoms. The lowest BCUT2D eigenvalue weighted by Gasteiger charge is -2.30. The molecule has 0 unspecified atom stereocenters. The minimum atomic E-state index is -0.459. The van der Waals surface area contributed by atoms with Crippen LogP contribution in [0, 0.1) is 6.92 Å². The highest BCUT2D eigenvalue weighted by Gasteiger charge is 2.26. The average Bonchev–Trinajstić information content (AvgIpc) is 2.25. The molecule has 0 bridgehead atoms. The first-order valence-corrected chi connectivity index (χ1v) is 6.14. The van der Waals surface area contributed by atoms with Gasteiger partial charge >= 0.3 is 6.09 Å². The van der Waals surface area contributed by atoms with Crippen LogP contribution in [0.3, 0.4) is 0 Å². The second-order valence-corrected chi connectivity index (χ2v) is 5.54. The molecule has 2 rings (SSSR count). The largest absolute Gasteiger partial charge is 0.444 e. The maximum absolute atomic E-state index is 12.0. The van der Waals surface area contributed by atoms with Crippen molar-refractivity contribution in [2.24, 2.45) is 0 Å². The van der Waals surface area contributed by atoms with Gasteiger partial charge < -0.3 is 9.64 Å². The van der Waals surface area contributed by atoms with Crippen LogP contribution in [0.15, 0.2) is 6.20 Å². The van der Waals surface area contributed by atoms with Crippen LogP contribution in [0.5, 0.6) is 0 Å². The van der Waals surface area contributed by atoms with Crippen LogP contribution in [0.1, 0.15) is 37.9 Å². The number of fused-ring (bicyclic) bond motifs is 1. The van der Waals surface area contributed by atoms with Crippen molar-refractivity contribution < 1.29 is 9.53 Å². The van der Waals surface area contributed by atoms with Gasteiger partial charge in [0, 0.05) is 12.7 Å². The molecule has 1 aromatic heterocycles. The molecular formula is C13H19N3O2. The summed E-state index contributed by atoms with van der Waals surface area (Å²) in [7, 11) is 0. The molecule has 0 atom stereocenters. The second kappa shape index (κ2) is 4.55. The van der Waals surface area contributed by atoms with Gasteiger partial charge in [0.2, 0.25) is 0 Å². The number of amides is 1. The lowest BCUT2D eigenvalue weighted by molar-refractivity contribution is 0.0220. The Hall–Kier alpha value is -1.65. The fourth-order valence-electron chi connectivity index (χ4n) is 1.89. The molecule has 1 aromatic rings. The molecule has 18 heavy (non-hydrogen) atoms. The topological polar surface area (TPSA) is 55.3 Å². The molecule has 1 aliphatic heterocycles. The van der Waals surface area contributed by atoms with Gasteiger partial charge in [-0.05, 0) is 39.7 Å². The first-order chi connectivity index (χ1) is 8.35. The third kappa shape index (κ3) is 2.97. The van der Waals surface area contributed by atoms with Gasteiger partial charge in [-0.25, -0.2) is 14.8 Å².